The van der Waals surface area contributed by atoms with Crippen molar-refractivity contribution < 1.29 is 33.6 Å². The summed E-state index contributed by atoms with van der Waals surface area (Å²) in [4.78, 5) is 20.4. The lowest BCUT2D eigenvalue weighted by molar-refractivity contribution is -0.142. The number of thioether (sulfide) groups is 1. The number of rotatable bonds is 24. The fourth-order valence-electron chi connectivity index (χ4n) is 2.49. The molecule has 0 aromatic heterocycles. The van der Waals surface area contributed by atoms with E-state index in [1.165, 1.54) is 56.7 Å². The van der Waals surface area contributed by atoms with Gasteiger partial charge in [0.25, 0.3) is 0 Å². The van der Waals surface area contributed by atoms with E-state index in [4.69, 9.17) is 24.1 Å². The summed E-state index contributed by atoms with van der Waals surface area (Å²) in [5.74, 6) is -0.00847. The Labute approximate surface area is 173 Å². The molecule has 0 aliphatic carbocycles. The van der Waals surface area contributed by atoms with E-state index in [1.807, 2.05) is 0 Å². The number of carbonyl (C=O) groups is 2. The van der Waals surface area contributed by atoms with Crippen molar-refractivity contribution in [3.63, 3.8) is 0 Å². The molecule has 0 bridgehead atoms. The molecule has 0 saturated heterocycles. The first-order valence-corrected chi connectivity index (χ1v) is 11.4. The molecule has 0 spiro atoms. The lowest BCUT2D eigenvalue weighted by atomic mass is 10.1. The number of ether oxygens (including phenoxy) is 4. The van der Waals surface area contributed by atoms with Crippen LogP contribution in [0.3, 0.4) is 0 Å². The molecule has 8 heteroatoms. The molecule has 0 saturated carbocycles. The van der Waals surface area contributed by atoms with Crippen LogP contribution >= 0.6 is 11.8 Å². The number of carbonyl (C=O) groups excluding carboxylic acids is 1. The number of hydrogen-bond acceptors (Lipinski definition) is 7. The van der Waals surface area contributed by atoms with Crippen molar-refractivity contribution in [2.75, 3.05) is 58.6 Å². The zero-order valence-electron chi connectivity index (χ0n) is 17.1. The van der Waals surface area contributed by atoms with Gasteiger partial charge in [-0.1, -0.05) is 56.7 Å². The highest BCUT2D eigenvalue weighted by atomic mass is 32.2. The van der Waals surface area contributed by atoms with E-state index in [9.17, 15) is 9.59 Å². The Morgan fingerprint density at radius 2 is 1.07 bits per heavy atom. The molecule has 0 aromatic rings. The summed E-state index contributed by atoms with van der Waals surface area (Å²) in [6, 6.07) is 0. The maximum Gasteiger partial charge on any atom is 0.329 e. The quantitative estimate of drug-likeness (QED) is 0.186. The molecule has 0 fully saturated rings. The topological polar surface area (TPSA) is 91.3 Å². The highest BCUT2D eigenvalue weighted by Crippen LogP contribution is 2.11. The van der Waals surface area contributed by atoms with Gasteiger partial charge in [0.05, 0.1) is 39.6 Å². The molecule has 0 atom stereocenters. The lowest BCUT2D eigenvalue weighted by Gasteiger charge is -2.07. The standard InChI is InChI=1S/C20H38O7S/c21-19-28-17-9-7-5-3-1-2-4-6-8-10-24-11-12-25-13-14-26-15-16-27-18-20(22)23/h19H,1-18H2,(H,22,23). The SMILES string of the molecule is O=CSCCCCCCCCCCCOCCOCCOCCOCC(=O)O. The number of carboxylic acids is 1. The third-order valence-electron chi connectivity index (χ3n) is 3.96. The number of unbranched alkanes of at least 4 members (excludes halogenated alkanes) is 8. The lowest BCUT2D eigenvalue weighted by Crippen LogP contribution is -2.14. The summed E-state index contributed by atoms with van der Waals surface area (Å²) in [5, 5.41) is 8.38. The molecular weight excluding hydrogens is 384 g/mol. The van der Waals surface area contributed by atoms with Crippen molar-refractivity contribution in [3.05, 3.63) is 0 Å². The molecule has 0 aromatic carbocycles. The van der Waals surface area contributed by atoms with Crippen molar-refractivity contribution in [2.24, 2.45) is 0 Å². The van der Waals surface area contributed by atoms with Gasteiger partial charge in [-0.3, -0.25) is 4.79 Å². The van der Waals surface area contributed by atoms with E-state index >= 15 is 0 Å². The van der Waals surface area contributed by atoms with Crippen molar-refractivity contribution >= 4 is 23.3 Å². The Balaban J connectivity index is 2.99. The van der Waals surface area contributed by atoms with Crippen LogP contribution in [0.2, 0.25) is 0 Å². The van der Waals surface area contributed by atoms with E-state index in [0.717, 1.165) is 30.8 Å². The van der Waals surface area contributed by atoms with E-state index in [2.05, 4.69) is 0 Å². The summed E-state index contributed by atoms with van der Waals surface area (Å²) in [6.07, 6.45) is 11.2. The second-order valence-corrected chi connectivity index (χ2v) is 7.37. The Morgan fingerprint density at radius 1 is 0.643 bits per heavy atom. The predicted octanol–water partition coefficient (Wildman–Crippen LogP) is 3.57. The van der Waals surface area contributed by atoms with Crippen LogP contribution in [0.25, 0.3) is 0 Å². The maximum atomic E-state index is 10.2. The van der Waals surface area contributed by atoms with Gasteiger partial charge >= 0.3 is 5.97 Å². The van der Waals surface area contributed by atoms with E-state index in [1.54, 1.807) is 0 Å². The first kappa shape index (κ1) is 27.3. The molecule has 166 valence electrons. The van der Waals surface area contributed by atoms with Gasteiger partial charge in [-0.15, -0.1) is 0 Å². The summed E-state index contributed by atoms with van der Waals surface area (Å²) in [5.41, 5.74) is 0.930. The number of carboxylic acid groups (broad SMARTS) is 1. The molecule has 0 heterocycles. The summed E-state index contributed by atoms with van der Waals surface area (Å²) in [7, 11) is 0. The Morgan fingerprint density at radius 3 is 1.57 bits per heavy atom. The van der Waals surface area contributed by atoms with E-state index in [0.29, 0.717) is 33.0 Å². The second kappa shape index (κ2) is 24.4. The molecule has 0 unspecified atom stereocenters. The van der Waals surface area contributed by atoms with Crippen LogP contribution < -0.4 is 0 Å². The average Bonchev–Trinajstić information content (AvgIpc) is 2.68. The molecule has 0 aliphatic heterocycles. The summed E-state index contributed by atoms with van der Waals surface area (Å²) < 4.78 is 21.0. The fraction of sp³-hybridized carbons (Fsp3) is 0.900. The van der Waals surface area contributed by atoms with Crippen LogP contribution in [0.5, 0.6) is 0 Å². The van der Waals surface area contributed by atoms with Crippen LogP contribution in [-0.4, -0.2) is 75.3 Å². The second-order valence-electron chi connectivity index (χ2n) is 6.43. The minimum absolute atomic E-state index is 0.275. The first-order valence-electron chi connectivity index (χ1n) is 10.4. The molecule has 7 nitrogen and oxygen atoms in total. The van der Waals surface area contributed by atoms with Gasteiger partial charge < -0.3 is 24.1 Å². The third kappa shape index (κ3) is 25.3. The van der Waals surface area contributed by atoms with Crippen LogP contribution in [0.1, 0.15) is 57.8 Å². The van der Waals surface area contributed by atoms with Gasteiger partial charge in [-0.2, -0.15) is 0 Å². The monoisotopic (exact) mass is 422 g/mol. The zero-order chi connectivity index (χ0) is 20.5. The largest absolute Gasteiger partial charge is 0.480 e. The Hall–Kier alpha value is -0.670. The van der Waals surface area contributed by atoms with Gasteiger partial charge in [-0.05, 0) is 12.8 Å². The van der Waals surface area contributed by atoms with Gasteiger partial charge in [0, 0.05) is 12.4 Å². The molecule has 0 amide bonds. The average molecular weight is 423 g/mol. The van der Waals surface area contributed by atoms with Gasteiger partial charge in [0.15, 0.2) is 5.62 Å². The third-order valence-corrected chi connectivity index (χ3v) is 4.62. The minimum Gasteiger partial charge on any atom is -0.480 e. The fourth-order valence-corrected chi connectivity index (χ4v) is 2.96. The maximum absolute atomic E-state index is 10.2. The smallest absolute Gasteiger partial charge is 0.329 e. The predicted molar refractivity (Wildman–Crippen MR) is 112 cm³/mol. The van der Waals surface area contributed by atoms with Crippen LogP contribution in [0.4, 0.5) is 0 Å². The molecule has 1 N–H and O–H groups in total. The molecule has 0 radical (unpaired) electrons. The summed E-state index contributed by atoms with van der Waals surface area (Å²) >= 11 is 1.37. The van der Waals surface area contributed by atoms with Crippen molar-refractivity contribution in [2.45, 2.75) is 57.8 Å². The number of aliphatic carboxylic acids is 1. The van der Waals surface area contributed by atoms with E-state index in [-0.39, 0.29) is 13.2 Å². The molecule has 0 rings (SSSR count). The van der Waals surface area contributed by atoms with Gasteiger partial charge in [0.2, 0.25) is 0 Å². The molecular formula is C20H38O7S. The summed E-state index contributed by atoms with van der Waals surface area (Å²) in [6.45, 7) is 3.27. The van der Waals surface area contributed by atoms with Crippen molar-refractivity contribution in [1.29, 1.82) is 0 Å². The van der Waals surface area contributed by atoms with Gasteiger partial charge in [0.1, 0.15) is 6.61 Å². The number of hydrogen-bond donors (Lipinski definition) is 1. The molecule has 28 heavy (non-hydrogen) atoms. The van der Waals surface area contributed by atoms with Crippen molar-refractivity contribution in [3.8, 4) is 0 Å². The normalized spacial score (nSPS) is 11.0. The first-order chi connectivity index (χ1) is 13.8. The van der Waals surface area contributed by atoms with Gasteiger partial charge in [-0.25, -0.2) is 4.79 Å². The van der Waals surface area contributed by atoms with E-state index < -0.39 is 5.97 Å². The Kier molecular flexibility index (Phi) is 23.8. The molecule has 0 aliphatic rings. The minimum atomic E-state index is -0.975. The highest BCUT2D eigenvalue weighted by molar-refractivity contribution is 8.11. The van der Waals surface area contributed by atoms with Crippen LogP contribution in [0, 0.1) is 0 Å². The van der Waals surface area contributed by atoms with Crippen LogP contribution in [-0.2, 0) is 28.5 Å². The highest BCUT2D eigenvalue weighted by Gasteiger charge is 1.97. The zero-order valence-corrected chi connectivity index (χ0v) is 17.9. The van der Waals surface area contributed by atoms with Crippen molar-refractivity contribution in [1.82, 2.24) is 0 Å². The Bertz CT molecular complexity index is 343. The van der Waals surface area contributed by atoms with Crippen LogP contribution in [0.15, 0.2) is 0 Å².